The van der Waals surface area contributed by atoms with Crippen LogP contribution in [0.25, 0.3) is 0 Å². The summed E-state index contributed by atoms with van der Waals surface area (Å²) in [7, 11) is -3.34. The van der Waals surface area contributed by atoms with Crippen molar-refractivity contribution < 1.29 is 13.2 Å². The van der Waals surface area contributed by atoms with Crippen LogP contribution in [0.1, 0.15) is 68.9 Å². The Labute approximate surface area is 169 Å². The molecule has 3 rings (SSSR count). The summed E-state index contributed by atoms with van der Waals surface area (Å²) in [6, 6.07) is 7.95. The van der Waals surface area contributed by atoms with Gasteiger partial charge in [-0.1, -0.05) is 61.9 Å². The summed E-state index contributed by atoms with van der Waals surface area (Å²) in [6.45, 7) is 2.85. The first-order valence-corrected chi connectivity index (χ1v) is 12.4. The molecule has 0 unspecified atom stereocenters. The Kier molecular flexibility index (Phi) is 7.52. The maximum absolute atomic E-state index is 12.8. The molecular formula is C22H34N2O3S. The van der Waals surface area contributed by atoms with Gasteiger partial charge < -0.3 is 5.32 Å². The van der Waals surface area contributed by atoms with Crippen molar-refractivity contribution in [3.63, 3.8) is 0 Å². The van der Waals surface area contributed by atoms with Gasteiger partial charge >= 0.3 is 0 Å². The summed E-state index contributed by atoms with van der Waals surface area (Å²) >= 11 is 0. The molecule has 1 aromatic rings. The molecule has 1 saturated heterocycles. The first-order valence-electron chi connectivity index (χ1n) is 10.8. The minimum atomic E-state index is -3.34. The fourth-order valence-corrected chi connectivity index (χ4v) is 5.97. The van der Waals surface area contributed by atoms with Gasteiger partial charge in [-0.3, -0.25) is 4.79 Å². The van der Waals surface area contributed by atoms with Crippen LogP contribution in [0, 0.1) is 12.8 Å². The predicted molar refractivity (Wildman–Crippen MR) is 112 cm³/mol. The van der Waals surface area contributed by atoms with E-state index in [0.29, 0.717) is 32.0 Å². The molecule has 156 valence electrons. The van der Waals surface area contributed by atoms with Crippen LogP contribution in [0.15, 0.2) is 24.3 Å². The van der Waals surface area contributed by atoms with Gasteiger partial charge in [0.25, 0.3) is 0 Å². The molecule has 1 amide bonds. The van der Waals surface area contributed by atoms with E-state index in [2.05, 4.69) is 5.32 Å². The highest BCUT2D eigenvalue weighted by atomic mass is 32.2. The number of hydrogen-bond donors (Lipinski definition) is 1. The number of nitrogens with zero attached hydrogens (tertiary/aromatic N) is 1. The van der Waals surface area contributed by atoms with E-state index in [1.165, 1.54) is 32.1 Å². The first kappa shape index (κ1) is 21.3. The Hall–Kier alpha value is -1.40. The molecule has 2 fully saturated rings. The molecular weight excluding hydrogens is 372 g/mol. The van der Waals surface area contributed by atoms with Crippen LogP contribution in [-0.2, 0) is 20.6 Å². The number of amides is 1. The van der Waals surface area contributed by atoms with Gasteiger partial charge in [0, 0.05) is 25.0 Å². The highest BCUT2D eigenvalue weighted by molar-refractivity contribution is 7.88. The van der Waals surface area contributed by atoms with Gasteiger partial charge in [0.15, 0.2) is 0 Å². The molecule has 0 aromatic heterocycles. The zero-order chi connectivity index (χ0) is 20.0. The lowest BCUT2D eigenvalue weighted by atomic mass is 9.94. The SMILES string of the molecule is Cc1cccc(CS(=O)(=O)N2CCC(C(=O)NC3CCCCCCC3)CC2)c1. The van der Waals surface area contributed by atoms with Gasteiger partial charge in [0.2, 0.25) is 15.9 Å². The van der Waals surface area contributed by atoms with Gasteiger partial charge in [0.1, 0.15) is 0 Å². The summed E-state index contributed by atoms with van der Waals surface area (Å²) in [5.74, 6) is 0.102. The average molecular weight is 407 g/mol. The topological polar surface area (TPSA) is 66.5 Å². The lowest BCUT2D eigenvalue weighted by Gasteiger charge is -2.32. The smallest absolute Gasteiger partial charge is 0.223 e. The number of aryl methyl sites for hydroxylation is 1. The van der Waals surface area contributed by atoms with Crippen molar-refractivity contribution in [2.75, 3.05) is 13.1 Å². The van der Waals surface area contributed by atoms with Crippen LogP contribution < -0.4 is 5.32 Å². The molecule has 1 aliphatic carbocycles. The van der Waals surface area contributed by atoms with Crippen molar-refractivity contribution in [3.8, 4) is 0 Å². The van der Waals surface area contributed by atoms with Crippen LogP contribution in [-0.4, -0.2) is 37.8 Å². The maximum Gasteiger partial charge on any atom is 0.223 e. The second-order valence-electron chi connectivity index (χ2n) is 8.47. The second-order valence-corrected chi connectivity index (χ2v) is 10.4. The fraction of sp³-hybridized carbons (Fsp3) is 0.682. The van der Waals surface area contributed by atoms with Gasteiger partial charge in [-0.15, -0.1) is 0 Å². The Balaban J connectivity index is 1.49. The Bertz CT molecular complexity index is 747. The van der Waals surface area contributed by atoms with Gasteiger partial charge in [0.05, 0.1) is 5.75 Å². The second kappa shape index (κ2) is 9.88. The van der Waals surface area contributed by atoms with Crippen LogP contribution in [0.2, 0.25) is 0 Å². The maximum atomic E-state index is 12.8. The number of piperidine rings is 1. The molecule has 0 bridgehead atoms. The van der Waals surface area contributed by atoms with Gasteiger partial charge in [-0.25, -0.2) is 12.7 Å². The third kappa shape index (κ3) is 6.05. The number of hydrogen-bond acceptors (Lipinski definition) is 3. The van der Waals surface area contributed by atoms with Crippen molar-refractivity contribution in [1.82, 2.24) is 9.62 Å². The third-order valence-corrected chi connectivity index (χ3v) is 7.95. The number of carbonyl (C=O) groups is 1. The molecule has 28 heavy (non-hydrogen) atoms. The van der Waals surface area contributed by atoms with E-state index in [9.17, 15) is 13.2 Å². The Morgan fingerprint density at radius 1 is 1.04 bits per heavy atom. The van der Waals surface area contributed by atoms with Crippen LogP contribution in [0.3, 0.4) is 0 Å². The average Bonchev–Trinajstić information content (AvgIpc) is 2.63. The zero-order valence-electron chi connectivity index (χ0n) is 17.0. The molecule has 0 radical (unpaired) electrons. The Morgan fingerprint density at radius 3 is 2.32 bits per heavy atom. The first-order chi connectivity index (χ1) is 13.4. The lowest BCUT2D eigenvalue weighted by molar-refractivity contribution is -0.127. The molecule has 0 spiro atoms. The van der Waals surface area contributed by atoms with Crippen LogP contribution in [0.5, 0.6) is 0 Å². The number of benzene rings is 1. The molecule has 1 N–H and O–H groups in total. The number of nitrogens with one attached hydrogen (secondary N) is 1. The number of rotatable bonds is 5. The van der Waals surface area contributed by atoms with E-state index in [-0.39, 0.29) is 17.6 Å². The number of carbonyl (C=O) groups excluding carboxylic acids is 1. The van der Waals surface area contributed by atoms with Gasteiger partial charge in [-0.2, -0.15) is 0 Å². The highest BCUT2D eigenvalue weighted by Gasteiger charge is 2.31. The van der Waals surface area contributed by atoms with Crippen LogP contribution >= 0.6 is 0 Å². The van der Waals surface area contributed by atoms with Crippen molar-refractivity contribution in [2.24, 2.45) is 5.92 Å². The molecule has 1 heterocycles. The quantitative estimate of drug-likeness (QED) is 0.809. The van der Waals surface area contributed by atoms with E-state index < -0.39 is 10.0 Å². The summed E-state index contributed by atoms with van der Waals surface area (Å²) in [6.07, 6.45) is 9.63. The monoisotopic (exact) mass is 406 g/mol. The standard InChI is InChI=1S/C22H34N2O3S/c1-18-8-7-9-19(16-18)17-28(26,27)24-14-12-20(13-15-24)22(25)23-21-10-5-3-2-4-6-11-21/h7-9,16,20-21H,2-6,10-15,17H2,1H3,(H,23,25). The minimum Gasteiger partial charge on any atom is -0.353 e. The zero-order valence-corrected chi connectivity index (χ0v) is 17.8. The summed E-state index contributed by atoms with van der Waals surface area (Å²) in [5.41, 5.74) is 1.89. The fourth-order valence-electron chi connectivity index (χ4n) is 4.42. The number of sulfonamides is 1. The lowest BCUT2D eigenvalue weighted by Crippen LogP contribution is -2.45. The molecule has 0 atom stereocenters. The molecule has 1 aromatic carbocycles. The Morgan fingerprint density at radius 2 is 1.68 bits per heavy atom. The van der Waals surface area contributed by atoms with E-state index in [4.69, 9.17) is 0 Å². The highest BCUT2D eigenvalue weighted by Crippen LogP contribution is 2.23. The normalized spacial score (nSPS) is 21.0. The van der Waals surface area contributed by atoms with E-state index in [1.54, 1.807) is 4.31 Å². The van der Waals surface area contributed by atoms with Crippen LogP contribution in [0.4, 0.5) is 0 Å². The molecule has 1 aliphatic heterocycles. The summed E-state index contributed by atoms with van der Waals surface area (Å²) in [4.78, 5) is 12.7. The summed E-state index contributed by atoms with van der Waals surface area (Å²) < 4.78 is 27.1. The molecule has 2 aliphatic rings. The largest absolute Gasteiger partial charge is 0.353 e. The molecule has 5 nitrogen and oxygen atoms in total. The van der Waals surface area contributed by atoms with Crippen molar-refractivity contribution in [1.29, 1.82) is 0 Å². The predicted octanol–water partition coefficient (Wildman–Crippen LogP) is 3.77. The van der Waals surface area contributed by atoms with Crippen molar-refractivity contribution in [3.05, 3.63) is 35.4 Å². The minimum absolute atomic E-state index is 0.0353. The van der Waals surface area contributed by atoms with E-state index in [0.717, 1.165) is 24.0 Å². The summed E-state index contributed by atoms with van der Waals surface area (Å²) in [5, 5.41) is 3.25. The van der Waals surface area contributed by atoms with E-state index >= 15 is 0 Å². The third-order valence-electron chi connectivity index (χ3n) is 6.10. The van der Waals surface area contributed by atoms with E-state index in [1.807, 2.05) is 31.2 Å². The van der Waals surface area contributed by atoms with Crippen molar-refractivity contribution in [2.45, 2.75) is 76.5 Å². The molecule has 1 saturated carbocycles. The van der Waals surface area contributed by atoms with Gasteiger partial charge in [-0.05, 0) is 38.2 Å². The molecule has 6 heteroatoms. The van der Waals surface area contributed by atoms with Crippen molar-refractivity contribution >= 4 is 15.9 Å².